The highest BCUT2D eigenvalue weighted by Gasteiger charge is 2.21. The van der Waals surface area contributed by atoms with E-state index in [1.165, 1.54) is 49.7 Å². The molecule has 4 heteroatoms. The van der Waals surface area contributed by atoms with Crippen molar-refractivity contribution in [2.24, 2.45) is 0 Å². The van der Waals surface area contributed by atoms with Gasteiger partial charge in [0.1, 0.15) is 12.3 Å². The van der Waals surface area contributed by atoms with Gasteiger partial charge in [0.15, 0.2) is 0 Å². The Morgan fingerprint density at radius 2 is 1.52 bits per heavy atom. The first-order valence-corrected chi connectivity index (χ1v) is 12.7. The number of aryl methyl sites for hydroxylation is 1. The van der Waals surface area contributed by atoms with Crippen LogP contribution in [0.15, 0.2) is 54.6 Å². The third-order valence-corrected chi connectivity index (χ3v) is 5.98. The van der Waals surface area contributed by atoms with Crippen molar-refractivity contribution < 1.29 is 18.8 Å². The number of esters is 1. The van der Waals surface area contributed by atoms with E-state index in [9.17, 15) is 4.79 Å². The molecule has 0 bridgehead atoms. The summed E-state index contributed by atoms with van der Waals surface area (Å²) in [5.41, 5.74) is 2.60. The summed E-state index contributed by atoms with van der Waals surface area (Å²) in [7, 11) is 4.28. The van der Waals surface area contributed by atoms with E-state index in [4.69, 9.17) is 9.47 Å². The summed E-state index contributed by atoms with van der Waals surface area (Å²) in [6, 6.07) is 18.6. The highest BCUT2D eigenvalue weighted by molar-refractivity contribution is 5.69. The summed E-state index contributed by atoms with van der Waals surface area (Å²) >= 11 is 0. The number of nitrogens with zero attached hydrogens (tertiary/aromatic N) is 1. The molecule has 0 heterocycles. The van der Waals surface area contributed by atoms with Gasteiger partial charge in [0, 0.05) is 12.0 Å². The van der Waals surface area contributed by atoms with E-state index in [0.29, 0.717) is 12.8 Å². The van der Waals surface area contributed by atoms with Crippen LogP contribution in [-0.2, 0) is 22.5 Å². The Kier molecular flexibility index (Phi) is 12.0. The van der Waals surface area contributed by atoms with Gasteiger partial charge in [-0.1, -0.05) is 88.4 Å². The highest BCUT2D eigenvalue weighted by atomic mass is 16.7. The lowest BCUT2D eigenvalue weighted by Crippen LogP contribution is -2.41. The van der Waals surface area contributed by atoms with Crippen LogP contribution in [0.5, 0.6) is 5.75 Å². The van der Waals surface area contributed by atoms with Crippen LogP contribution in [0.25, 0.3) is 0 Å². The number of ether oxygens (including phenoxy) is 2. The molecule has 2 aromatic carbocycles. The van der Waals surface area contributed by atoms with Gasteiger partial charge in [-0.2, -0.15) is 0 Å². The number of quaternary nitrogens is 1. The van der Waals surface area contributed by atoms with Gasteiger partial charge in [-0.15, -0.1) is 0 Å². The first kappa shape index (κ1) is 26.9. The standard InChI is InChI=1S/C29H44NO3/c1-5-7-8-9-10-12-15-25-18-20-27(21-19-25)32-29(6-2)33-28(31)22-23-30(3,4)24-26-16-13-11-14-17-26/h11,13-14,16-21,29H,5-10,12,15,22-24H2,1-4H3/q+1. The molecule has 0 N–H and O–H groups in total. The first-order valence-electron chi connectivity index (χ1n) is 12.7. The summed E-state index contributed by atoms with van der Waals surface area (Å²) < 4.78 is 12.3. The zero-order valence-corrected chi connectivity index (χ0v) is 21.2. The molecule has 0 aliphatic rings. The van der Waals surface area contributed by atoms with Gasteiger partial charge in [0.25, 0.3) is 0 Å². The summed E-state index contributed by atoms with van der Waals surface area (Å²) in [4.78, 5) is 12.5. The maximum absolute atomic E-state index is 12.5. The lowest BCUT2D eigenvalue weighted by molar-refractivity contribution is -0.903. The van der Waals surface area contributed by atoms with Crippen LogP contribution >= 0.6 is 0 Å². The van der Waals surface area contributed by atoms with Gasteiger partial charge >= 0.3 is 5.97 Å². The number of benzene rings is 2. The molecule has 4 nitrogen and oxygen atoms in total. The minimum atomic E-state index is -0.549. The van der Waals surface area contributed by atoms with E-state index in [2.05, 4.69) is 45.3 Å². The molecule has 0 radical (unpaired) electrons. The van der Waals surface area contributed by atoms with E-state index < -0.39 is 6.29 Å². The topological polar surface area (TPSA) is 35.5 Å². The normalized spacial score (nSPS) is 12.4. The maximum Gasteiger partial charge on any atom is 0.314 e. The summed E-state index contributed by atoms with van der Waals surface area (Å²) in [6.45, 7) is 5.82. The molecule has 0 aliphatic heterocycles. The van der Waals surface area contributed by atoms with Crippen molar-refractivity contribution in [1.82, 2.24) is 0 Å². The van der Waals surface area contributed by atoms with Crippen LogP contribution in [0.4, 0.5) is 0 Å². The average molecular weight is 455 g/mol. The summed E-state index contributed by atoms with van der Waals surface area (Å²) in [5.74, 6) is 0.544. The zero-order chi connectivity index (χ0) is 23.9. The Labute approximate surface area is 201 Å². The van der Waals surface area contributed by atoms with E-state index in [1.54, 1.807) is 0 Å². The van der Waals surface area contributed by atoms with Crippen LogP contribution in [-0.4, -0.2) is 37.4 Å². The molecule has 0 fully saturated rings. The SMILES string of the molecule is CCCCCCCCc1ccc(OC(CC)OC(=O)CC[N+](C)(C)Cc2ccccc2)cc1. The van der Waals surface area contributed by atoms with Crippen molar-refractivity contribution in [2.75, 3.05) is 20.6 Å². The van der Waals surface area contributed by atoms with Crippen molar-refractivity contribution in [3.8, 4) is 5.75 Å². The lowest BCUT2D eigenvalue weighted by atomic mass is 10.0. The van der Waals surface area contributed by atoms with E-state index >= 15 is 0 Å². The molecule has 2 aromatic rings. The molecule has 1 unspecified atom stereocenters. The molecule has 0 saturated carbocycles. The van der Waals surface area contributed by atoms with Crippen LogP contribution < -0.4 is 4.74 Å². The second kappa shape index (κ2) is 14.7. The van der Waals surface area contributed by atoms with E-state index in [1.807, 2.05) is 37.3 Å². The monoisotopic (exact) mass is 454 g/mol. The van der Waals surface area contributed by atoms with E-state index in [0.717, 1.165) is 29.7 Å². The molecule has 33 heavy (non-hydrogen) atoms. The van der Waals surface area contributed by atoms with Gasteiger partial charge in [-0.25, -0.2) is 0 Å². The highest BCUT2D eigenvalue weighted by Crippen LogP contribution is 2.18. The molecule has 182 valence electrons. The Bertz CT molecular complexity index is 786. The number of hydrogen-bond acceptors (Lipinski definition) is 3. The smallest absolute Gasteiger partial charge is 0.314 e. The molecule has 0 amide bonds. The Balaban J connectivity index is 1.72. The number of hydrogen-bond donors (Lipinski definition) is 0. The Hall–Kier alpha value is -2.33. The minimum absolute atomic E-state index is 0.208. The third kappa shape index (κ3) is 11.4. The fraction of sp³-hybridized carbons (Fsp3) is 0.552. The van der Waals surface area contributed by atoms with Gasteiger partial charge in [0.05, 0.1) is 27.1 Å². The molecule has 0 aliphatic carbocycles. The fourth-order valence-corrected chi connectivity index (χ4v) is 3.94. The lowest BCUT2D eigenvalue weighted by Gasteiger charge is -2.29. The zero-order valence-electron chi connectivity index (χ0n) is 21.2. The molecule has 0 spiro atoms. The first-order chi connectivity index (χ1) is 15.9. The predicted octanol–water partition coefficient (Wildman–Crippen LogP) is 6.91. The number of carbonyl (C=O) groups is 1. The van der Waals surface area contributed by atoms with Gasteiger partial charge in [-0.3, -0.25) is 4.79 Å². The van der Waals surface area contributed by atoms with Crippen LogP contribution in [0.1, 0.15) is 76.3 Å². The predicted molar refractivity (Wildman–Crippen MR) is 136 cm³/mol. The molecule has 2 rings (SSSR count). The number of rotatable bonds is 16. The second-order valence-electron chi connectivity index (χ2n) is 9.66. The quantitative estimate of drug-likeness (QED) is 0.120. The third-order valence-electron chi connectivity index (χ3n) is 5.98. The second-order valence-corrected chi connectivity index (χ2v) is 9.66. The molecule has 0 aromatic heterocycles. The van der Waals surface area contributed by atoms with Gasteiger partial charge in [0.2, 0.25) is 6.29 Å². The van der Waals surface area contributed by atoms with Crippen molar-refractivity contribution in [3.63, 3.8) is 0 Å². The summed E-state index contributed by atoms with van der Waals surface area (Å²) in [6.07, 6.45) is 9.41. The molecular formula is C29H44NO3+. The van der Waals surface area contributed by atoms with Crippen molar-refractivity contribution in [3.05, 3.63) is 65.7 Å². The molecule has 1 atom stereocenters. The Morgan fingerprint density at radius 1 is 0.848 bits per heavy atom. The number of carbonyl (C=O) groups excluding carboxylic acids is 1. The van der Waals surface area contributed by atoms with E-state index in [-0.39, 0.29) is 5.97 Å². The largest absolute Gasteiger partial charge is 0.455 e. The summed E-state index contributed by atoms with van der Waals surface area (Å²) in [5, 5.41) is 0. The fourth-order valence-electron chi connectivity index (χ4n) is 3.94. The van der Waals surface area contributed by atoms with Crippen molar-refractivity contribution >= 4 is 5.97 Å². The molecule has 0 saturated heterocycles. The van der Waals surface area contributed by atoms with Crippen LogP contribution in [0, 0.1) is 0 Å². The average Bonchev–Trinajstić information content (AvgIpc) is 2.81. The van der Waals surface area contributed by atoms with Crippen molar-refractivity contribution in [2.45, 2.75) is 84.5 Å². The maximum atomic E-state index is 12.5. The van der Waals surface area contributed by atoms with Crippen molar-refractivity contribution in [1.29, 1.82) is 0 Å². The van der Waals surface area contributed by atoms with Gasteiger partial charge < -0.3 is 14.0 Å². The Morgan fingerprint density at radius 3 is 2.18 bits per heavy atom. The minimum Gasteiger partial charge on any atom is -0.455 e. The van der Waals surface area contributed by atoms with Crippen LogP contribution in [0.2, 0.25) is 0 Å². The molecular weight excluding hydrogens is 410 g/mol. The number of unbranched alkanes of at least 4 members (excludes halogenated alkanes) is 5. The van der Waals surface area contributed by atoms with Crippen LogP contribution in [0.3, 0.4) is 0 Å². The van der Waals surface area contributed by atoms with Gasteiger partial charge in [-0.05, 0) is 30.5 Å².